The number of nitrogens with zero attached hydrogens (tertiary/aromatic N) is 4. The number of aliphatic imine (C=N–C) groups is 1. The van der Waals surface area contributed by atoms with E-state index < -0.39 is 0 Å². The molecule has 0 fully saturated rings. The Morgan fingerprint density at radius 3 is 2.68 bits per heavy atom. The first-order chi connectivity index (χ1) is 13.1. The minimum atomic E-state index is 0. The van der Waals surface area contributed by atoms with Crippen LogP contribution in [-0.2, 0) is 6.42 Å². The molecule has 0 aliphatic rings. The maximum absolute atomic E-state index is 5.76. The lowest BCUT2D eigenvalue weighted by atomic mass is 10.2. The number of para-hydroxylation sites is 1. The van der Waals surface area contributed by atoms with Crippen molar-refractivity contribution in [3.8, 4) is 5.75 Å². The molecule has 2 rings (SSSR count). The molecule has 1 heterocycles. The van der Waals surface area contributed by atoms with Gasteiger partial charge in [0.05, 0.1) is 6.54 Å². The van der Waals surface area contributed by atoms with E-state index in [0.29, 0.717) is 19.0 Å². The van der Waals surface area contributed by atoms with Crippen LogP contribution in [0.15, 0.2) is 39.8 Å². The Hall–Kier alpha value is -1.84. The average Bonchev–Trinajstić information content (AvgIpc) is 3.14. The molecule has 0 saturated carbocycles. The molecule has 0 amide bonds. The normalized spacial score (nSPS) is 11.2. The first-order valence-corrected chi connectivity index (χ1v) is 9.60. The lowest BCUT2D eigenvalue weighted by Crippen LogP contribution is -2.41. The van der Waals surface area contributed by atoms with E-state index in [0.717, 1.165) is 43.5 Å². The predicted molar refractivity (Wildman–Crippen MR) is 123 cm³/mol. The first-order valence-electron chi connectivity index (χ1n) is 9.60. The molecule has 0 bridgehead atoms. The van der Waals surface area contributed by atoms with E-state index in [4.69, 9.17) is 9.26 Å². The average molecular weight is 501 g/mol. The van der Waals surface area contributed by atoms with Crippen molar-refractivity contribution in [3.63, 3.8) is 0 Å². The molecule has 0 saturated heterocycles. The predicted octanol–water partition coefficient (Wildman–Crippen LogP) is 3.72. The van der Waals surface area contributed by atoms with E-state index in [-0.39, 0.29) is 29.9 Å². The van der Waals surface area contributed by atoms with E-state index in [1.807, 2.05) is 37.4 Å². The maximum Gasteiger partial charge on any atom is 0.226 e. The smallest absolute Gasteiger partial charge is 0.226 e. The molecule has 0 radical (unpaired) electrons. The number of halogens is 1. The molecular formula is C20H32IN5O2. The molecule has 28 heavy (non-hydrogen) atoms. The van der Waals surface area contributed by atoms with Gasteiger partial charge in [0.2, 0.25) is 5.89 Å². The maximum atomic E-state index is 5.76. The molecule has 0 atom stereocenters. The number of guanidine groups is 1. The molecule has 7 nitrogen and oxygen atoms in total. The van der Waals surface area contributed by atoms with Crippen LogP contribution in [0.1, 0.15) is 44.8 Å². The van der Waals surface area contributed by atoms with Crippen LogP contribution in [0.25, 0.3) is 0 Å². The summed E-state index contributed by atoms with van der Waals surface area (Å²) >= 11 is 0. The number of nitrogens with one attached hydrogen (secondary N) is 1. The minimum Gasteiger partial charge on any atom is -0.492 e. The van der Waals surface area contributed by atoms with Crippen molar-refractivity contribution in [1.82, 2.24) is 20.4 Å². The van der Waals surface area contributed by atoms with E-state index in [9.17, 15) is 0 Å². The van der Waals surface area contributed by atoms with Crippen LogP contribution >= 0.6 is 24.0 Å². The number of hydrogen-bond acceptors (Lipinski definition) is 5. The summed E-state index contributed by atoms with van der Waals surface area (Å²) < 4.78 is 11.0. The summed E-state index contributed by atoms with van der Waals surface area (Å²) in [5.74, 6) is 3.49. The van der Waals surface area contributed by atoms with Gasteiger partial charge in [0, 0.05) is 32.5 Å². The van der Waals surface area contributed by atoms with Gasteiger partial charge in [-0.25, -0.2) is 0 Å². The fourth-order valence-electron chi connectivity index (χ4n) is 2.41. The van der Waals surface area contributed by atoms with Crippen LogP contribution in [0.4, 0.5) is 0 Å². The molecule has 0 unspecified atom stereocenters. The summed E-state index contributed by atoms with van der Waals surface area (Å²) in [6.07, 6.45) is 1.60. The summed E-state index contributed by atoms with van der Waals surface area (Å²) in [5.41, 5.74) is 0. The molecule has 0 spiro atoms. The van der Waals surface area contributed by atoms with Gasteiger partial charge in [-0.3, -0.25) is 4.99 Å². The Morgan fingerprint density at radius 1 is 1.29 bits per heavy atom. The van der Waals surface area contributed by atoms with Crippen LogP contribution in [-0.4, -0.2) is 54.3 Å². The van der Waals surface area contributed by atoms with E-state index in [2.05, 4.69) is 46.1 Å². The van der Waals surface area contributed by atoms with E-state index in [1.165, 1.54) is 0 Å². The third-order valence-electron chi connectivity index (χ3n) is 3.95. The highest BCUT2D eigenvalue weighted by Crippen LogP contribution is 2.10. The Morgan fingerprint density at radius 2 is 2.04 bits per heavy atom. The number of aromatic nitrogens is 2. The van der Waals surface area contributed by atoms with Crippen molar-refractivity contribution in [3.05, 3.63) is 42.0 Å². The Bertz CT molecular complexity index is 691. The van der Waals surface area contributed by atoms with Crippen LogP contribution in [0.5, 0.6) is 5.75 Å². The second-order valence-electron chi connectivity index (χ2n) is 6.62. The summed E-state index contributed by atoms with van der Waals surface area (Å²) in [7, 11) is 2.02. The summed E-state index contributed by atoms with van der Waals surface area (Å²) in [4.78, 5) is 11.2. The first kappa shape index (κ1) is 24.2. The lowest BCUT2D eigenvalue weighted by Gasteiger charge is -2.22. The van der Waals surface area contributed by atoms with Gasteiger partial charge in [-0.15, -0.1) is 24.0 Å². The standard InChI is InChI=1S/C20H31N5O2.HI/c1-5-21-20(25(4)14-15-26-17-10-7-6-8-11-17)22-13-9-12-18-23-19(16(2)3)24-27-18;/h6-8,10-11,16H,5,9,12-15H2,1-4H3,(H,21,22);1H. The van der Waals surface area contributed by atoms with E-state index in [1.54, 1.807) is 0 Å². The van der Waals surface area contributed by atoms with Gasteiger partial charge >= 0.3 is 0 Å². The summed E-state index contributed by atoms with van der Waals surface area (Å²) in [5, 5.41) is 7.31. The van der Waals surface area contributed by atoms with Crippen molar-refractivity contribution < 1.29 is 9.26 Å². The fraction of sp³-hybridized carbons (Fsp3) is 0.550. The van der Waals surface area contributed by atoms with Crippen molar-refractivity contribution in [2.24, 2.45) is 4.99 Å². The second-order valence-corrected chi connectivity index (χ2v) is 6.62. The fourth-order valence-corrected chi connectivity index (χ4v) is 2.41. The lowest BCUT2D eigenvalue weighted by molar-refractivity contribution is 0.281. The van der Waals surface area contributed by atoms with Crippen molar-refractivity contribution in [2.45, 2.75) is 39.5 Å². The highest BCUT2D eigenvalue weighted by atomic mass is 127. The number of rotatable bonds is 10. The van der Waals surface area contributed by atoms with Gasteiger partial charge in [-0.05, 0) is 25.5 Å². The Kier molecular flexibility index (Phi) is 11.5. The van der Waals surface area contributed by atoms with Crippen LogP contribution in [0, 0.1) is 0 Å². The molecular weight excluding hydrogens is 469 g/mol. The monoisotopic (exact) mass is 501 g/mol. The SMILES string of the molecule is CCNC(=NCCCc1nc(C(C)C)no1)N(C)CCOc1ccccc1.I. The van der Waals surface area contributed by atoms with Gasteiger partial charge in [-0.1, -0.05) is 37.2 Å². The minimum absolute atomic E-state index is 0. The number of benzene rings is 1. The number of hydrogen-bond donors (Lipinski definition) is 1. The molecule has 8 heteroatoms. The summed E-state index contributed by atoms with van der Waals surface area (Å²) in [6, 6.07) is 9.84. The molecule has 1 N–H and O–H groups in total. The number of aryl methyl sites for hydroxylation is 1. The largest absolute Gasteiger partial charge is 0.492 e. The van der Waals surface area contributed by atoms with Gasteiger partial charge in [0.25, 0.3) is 0 Å². The van der Waals surface area contributed by atoms with Crippen molar-refractivity contribution in [2.75, 3.05) is 33.3 Å². The van der Waals surface area contributed by atoms with Crippen LogP contribution in [0.2, 0.25) is 0 Å². The molecule has 156 valence electrons. The number of likely N-dealkylation sites (N-methyl/N-ethyl adjacent to an activating group) is 1. The molecule has 0 aliphatic heterocycles. The second kappa shape index (κ2) is 13.4. The van der Waals surface area contributed by atoms with Crippen LogP contribution < -0.4 is 10.1 Å². The molecule has 2 aromatic rings. The summed E-state index contributed by atoms with van der Waals surface area (Å²) in [6.45, 7) is 9.05. The third kappa shape index (κ3) is 8.45. The zero-order valence-corrected chi connectivity index (χ0v) is 19.6. The van der Waals surface area contributed by atoms with E-state index >= 15 is 0 Å². The van der Waals surface area contributed by atoms with Crippen LogP contribution in [0.3, 0.4) is 0 Å². The Balaban J connectivity index is 0.00000392. The quantitative estimate of drug-likeness (QED) is 0.232. The third-order valence-corrected chi connectivity index (χ3v) is 3.95. The molecule has 1 aromatic carbocycles. The zero-order valence-electron chi connectivity index (χ0n) is 17.2. The topological polar surface area (TPSA) is 75.8 Å². The van der Waals surface area contributed by atoms with Gasteiger partial charge in [0.1, 0.15) is 12.4 Å². The van der Waals surface area contributed by atoms with Gasteiger partial charge in [0.15, 0.2) is 11.8 Å². The molecule has 0 aliphatic carbocycles. The number of ether oxygens (including phenoxy) is 1. The highest BCUT2D eigenvalue weighted by Gasteiger charge is 2.09. The highest BCUT2D eigenvalue weighted by molar-refractivity contribution is 14.0. The van der Waals surface area contributed by atoms with Gasteiger partial charge in [-0.2, -0.15) is 4.98 Å². The zero-order chi connectivity index (χ0) is 19.5. The van der Waals surface area contributed by atoms with Crippen molar-refractivity contribution in [1.29, 1.82) is 0 Å². The molecule has 1 aromatic heterocycles. The Labute approximate surface area is 185 Å². The van der Waals surface area contributed by atoms with Gasteiger partial charge < -0.3 is 19.5 Å². The van der Waals surface area contributed by atoms with Crippen molar-refractivity contribution >= 4 is 29.9 Å².